The van der Waals surface area contributed by atoms with Gasteiger partial charge in [-0.05, 0) is 23.9 Å². The summed E-state index contributed by atoms with van der Waals surface area (Å²) in [4.78, 5) is 22.9. The number of carboxylic acids is 1. The third-order valence-corrected chi connectivity index (χ3v) is 3.86. The van der Waals surface area contributed by atoms with Crippen LogP contribution in [0, 0.1) is 6.92 Å². The number of thiophene rings is 1. The van der Waals surface area contributed by atoms with E-state index in [9.17, 15) is 9.59 Å². The molecule has 1 aliphatic rings. The molecule has 14 heavy (non-hydrogen) atoms. The summed E-state index contributed by atoms with van der Waals surface area (Å²) in [6, 6.07) is 1.87. The van der Waals surface area contributed by atoms with E-state index in [1.807, 2.05) is 18.4 Å². The lowest BCUT2D eigenvalue weighted by atomic mass is 9.67. The zero-order chi connectivity index (χ0) is 10.3. The van der Waals surface area contributed by atoms with Crippen LogP contribution in [0.4, 0.5) is 0 Å². The van der Waals surface area contributed by atoms with E-state index in [1.165, 1.54) is 11.3 Å². The zero-order valence-corrected chi connectivity index (χ0v) is 8.56. The SMILES string of the molecule is Cc1csc(C2(C(=O)O)CC(=O)C2)c1. The van der Waals surface area contributed by atoms with Gasteiger partial charge < -0.3 is 5.11 Å². The van der Waals surface area contributed by atoms with Gasteiger partial charge in [-0.1, -0.05) is 0 Å². The number of ketones is 1. The highest BCUT2D eigenvalue weighted by Gasteiger charge is 2.52. The predicted molar refractivity (Wildman–Crippen MR) is 52.6 cm³/mol. The molecule has 0 aromatic carbocycles. The van der Waals surface area contributed by atoms with Crippen molar-refractivity contribution in [2.24, 2.45) is 0 Å². The summed E-state index contributed by atoms with van der Waals surface area (Å²) < 4.78 is 0. The van der Waals surface area contributed by atoms with Crippen LogP contribution in [0.15, 0.2) is 11.4 Å². The number of hydrogen-bond donors (Lipinski definition) is 1. The molecule has 4 heteroatoms. The summed E-state index contributed by atoms with van der Waals surface area (Å²) in [6.45, 7) is 1.93. The molecule has 1 heterocycles. The van der Waals surface area contributed by atoms with Crippen LogP contribution in [0.5, 0.6) is 0 Å². The molecule has 0 atom stereocenters. The number of Topliss-reactive ketones (excluding diaryl/α,β-unsaturated/α-hetero) is 1. The molecule has 0 radical (unpaired) electrons. The number of carboxylic acid groups (broad SMARTS) is 1. The van der Waals surface area contributed by atoms with E-state index in [4.69, 9.17) is 5.11 Å². The molecule has 74 valence electrons. The van der Waals surface area contributed by atoms with Gasteiger partial charge in [0, 0.05) is 17.7 Å². The lowest BCUT2D eigenvalue weighted by Crippen LogP contribution is -2.47. The topological polar surface area (TPSA) is 54.4 Å². The number of aliphatic carboxylic acids is 1. The minimum atomic E-state index is -0.907. The van der Waals surface area contributed by atoms with Crippen LogP contribution in [0.3, 0.4) is 0 Å². The largest absolute Gasteiger partial charge is 0.481 e. The minimum absolute atomic E-state index is 0.0402. The molecule has 1 fully saturated rings. The molecular formula is C10H10O3S. The fourth-order valence-electron chi connectivity index (χ4n) is 1.73. The number of hydrogen-bond acceptors (Lipinski definition) is 3. The summed E-state index contributed by atoms with van der Waals surface area (Å²) >= 11 is 1.43. The van der Waals surface area contributed by atoms with Gasteiger partial charge in [0.2, 0.25) is 0 Å². The van der Waals surface area contributed by atoms with E-state index in [1.54, 1.807) is 0 Å². The van der Waals surface area contributed by atoms with Crippen molar-refractivity contribution in [1.82, 2.24) is 0 Å². The zero-order valence-electron chi connectivity index (χ0n) is 7.74. The van der Waals surface area contributed by atoms with E-state index >= 15 is 0 Å². The van der Waals surface area contributed by atoms with Crippen LogP contribution in [-0.4, -0.2) is 16.9 Å². The van der Waals surface area contributed by atoms with Gasteiger partial charge in [0.05, 0.1) is 0 Å². The van der Waals surface area contributed by atoms with Gasteiger partial charge in [0.1, 0.15) is 11.2 Å². The van der Waals surface area contributed by atoms with E-state index in [-0.39, 0.29) is 18.6 Å². The average Bonchev–Trinajstić information content (AvgIpc) is 2.45. The third-order valence-electron chi connectivity index (χ3n) is 2.61. The molecule has 1 N–H and O–H groups in total. The highest BCUT2D eigenvalue weighted by Crippen LogP contribution is 2.44. The van der Waals surface area contributed by atoms with Crippen LogP contribution >= 0.6 is 11.3 Å². The number of carbonyl (C=O) groups excluding carboxylic acids is 1. The molecule has 1 saturated carbocycles. The van der Waals surface area contributed by atoms with Crippen molar-refractivity contribution in [2.75, 3.05) is 0 Å². The van der Waals surface area contributed by atoms with Gasteiger partial charge >= 0.3 is 5.97 Å². The number of aryl methyl sites for hydroxylation is 1. The van der Waals surface area contributed by atoms with Crippen LogP contribution in [-0.2, 0) is 15.0 Å². The Morgan fingerprint density at radius 2 is 2.21 bits per heavy atom. The first kappa shape index (κ1) is 9.40. The molecule has 2 rings (SSSR count). The lowest BCUT2D eigenvalue weighted by molar-refractivity contribution is -0.153. The molecule has 0 amide bonds. The standard InChI is InChI=1S/C10H10O3S/c1-6-2-8(14-5-6)10(9(12)13)3-7(11)4-10/h2,5H,3-4H2,1H3,(H,12,13). The Morgan fingerprint density at radius 1 is 1.57 bits per heavy atom. The number of carbonyl (C=O) groups is 2. The van der Waals surface area contributed by atoms with Crippen molar-refractivity contribution in [1.29, 1.82) is 0 Å². The Kier molecular flexibility index (Phi) is 1.96. The molecule has 1 aliphatic carbocycles. The van der Waals surface area contributed by atoms with Gasteiger partial charge in [-0.2, -0.15) is 0 Å². The van der Waals surface area contributed by atoms with Crippen molar-refractivity contribution in [3.63, 3.8) is 0 Å². The highest BCUT2D eigenvalue weighted by molar-refractivity contribution is 7.10. The Morgan fingerprint density at radius 3 is 2.57 bits per heavy atom. The molecule has 0 spiro atoms. The molecule has 3 nitrogen and oxygen atoms in total. The monoisotopic (exact) mass is 210 g/mol. The fraction of sp³-hybridized carbons (Fsp3) is 0.400. The molecule has 1 aromatic rings. The van der Waals surface area contributed by atoms with Gasteiger partial charge in [0.15, 0.2) is 0 Å². The Balaban J connectivity index is 2.38. The second kappa shape index (κ2) is 2.92. The van der Waals surface area contributed by atoms with Crippen molar-refractivity contribution < 1.29 is 14.7 Å². The van der Waals surface area contributed by atoms with Crippen LogP contribution < -0.4 is 0 Å². The minimum Gasteiger partial charge on any atom is -0.481 e. The molecule has 0 saturated heterocycles. The van der Waals surface area contributed by atoms with Gasteiger partial charge in [-0.15, -0.1) is 11.3 Å². The first-order valence-electron chi connectivity index (χ1n) is 4.35. The quantitative estimate of drug-likeness (QED) is 0.809. The van der Waals surface area contributed by atoms with Crippen molar-refractivity contribution in [3.8, 4) is 0 Å². The van der Waals surface area contributed by atoms with E-state index < -0.39 is 11.4 Å². The van der Waals surface area contributed by atoms with Crippen LogP contribution in [0.1, 0.15) is 23.3 Å². The highest BCUT2D eigenvalue weighted by atomic mass is 32.1. The summed E-state index contributed by atoms with van der Waals surface area (Å²) in [5.41, 5.74) is 0.153. The van der Waals surface area contributed by atoms with Crippen molar-refractivity contribution in [3.05, 3.63) is 21.9 Å². The van der Waals surface area contributed by atoms with Crippen LogP contribution in [0.2, 0.25) is 0 Å². The summed E-state index contributed by atoms with van der Waals surface area (Å²) in [7, 11) is 0. The summed E-state index contributed by atoms with van der Waals surface area (Å²) in [5, 5.41) is 11.0. The van der Waals surface area contributed by atoms with Crippen molar-refractivity contribution >= 4 is 23.1 Å². The van der Waals surface area contributed by atoms with Gasteiger partial charge in [-0.25, -0.2) is 0 Å². The molecule has 0 aliphatic heterocycles. The third kappa shape index (κ3) is 1.18. The lowest BCUT2D eigenvalue weighted by Gasteiger charge is -2.35. The Labute approximate surface area is 85.4 Å². The normalized spacial score (nSPS) is 19.1. The molecule has 0 unspecified atom stereocenters. The average molecular weight is 210 g/mol. The predicted octanol–water partition coefficient (Wildman–Crippen LogP) is 1.74. The maximum Gasteiger partial charge on any atom is 0.315 e. The molecule has 1 aromatic heterocycles. The van der Waals surface area contributed by atoms with Gasteiger partial charge in [0.25, 0.3) is 0 Å². The van der Waals surface area contributed by atoms with Crippen LogP contribution in [0.25, 0.3) is 0 Å². The maximum atomic E-state index is 11.1. The van der Waals surface area contributed by atoms with Crippen molar-refractivity contribution in [2.45, 2.75) is 25.2 Å². The summed E-state index contributed by atoms with van der Waals surface area (Å²) in [6.07, 6.45) is 0.310. The number of rotatable bonds is 2. The Hall–Kier alpha value is -1.16. The maximum absolute atomic E-state index is 11.1. The first-order chi connectivity index (χ1) is 6.54. The second-order valence-electron chi connectivity index (χ2n) is 3.77. The first-order valence-corrected chi connectivity index (χ1v) is 5.23. The van der Waals surface area contributed by atoms with E-state index in [0.717, 1.165) is 10.4 Å². The molecular weight excluding hydrogens is 200 g/mol. The Bertz CT molecular complexity index is 397. The summed E-state index contributed by atoms with van der Waals surface area (Å²) in [5.74, 6) is -0.836. The molecule has 0 bridgehead atoms. The van der Waals surface area contributed by atoms with E-state index in [2.05, 4.69) is 0 Å². The fourth-order valence-corrected chi connectivity index (χ4v) is 2.83. The smallest absolute Gasteiger partial charge is 0.315 e. The van der Waals surface area contributed by atoms with Gasteiger partial charge in [-0.3, -0.25) is 9.59 Å². The second-order valence-corrected chi connectivity index (χ2v) is 4.68. The van der Waals surface area contributed by atoms with E-state index in [0.29, 0.717) is 0 Å².